The number of rotatable bonds is 8. The van der Waals surface area contributed by atoms with Gasteiger partial charge in [0.2, 0.25) is 10.0 Å². The molecule has 1 saturated carbocycles. The molecule has 0 unspecified atom stereocenters. The van der Waals surface area contributed by atoms with Gasteiger partial charge < -0.3 is 10.9 Å². The monoisotopic (exact) mass is 249 g/mol. The molecule has 0 radical (unpaired) electrons. The number of hydrogen-bond donors (Lipinski definition) is 3. The van der Waals surface area contributed by atoms with Crippen LogP contribution >= 0.6 is 0 Å². The highest BCUT2D eigenvalue weighted by Crippen LogP contribution is 2.29. The molecule has 0 bridgehead atoms. The van der Waals surface area contributed by atoms with Crippen molar-refractivity contribution in [1.29, 1.82) is 0 Å². The van der Waals surface area contributed by atoms with Crippen molar-refractivity contribution in [2.24, 2.45) is 16.8 Å². The highest BCUT2D eigenvalue weighted by atomic mass is 32.2. The zero-order chi connectivity index (χ0) is 12.0. The third kappa shape index (κ3) is 5.92. The molecule has 6 nitrogen and oxygen atoms in total. The summed E-state index contributed by atoms with van der Waals surface area (Å²) in [4.78, 5) is 0. The van der Waals surface area contributed by atoms with Crippen molar-refractivity contribution in [3.63, 3.8) is 0 Å². The molecular formula is C9H19N3O3S. The summed E-state index contributed by atoms with van der Waals surface area (Å²) in [7, 11) is -3.09. The Bertz CT molecular complexity index is 336. The lowest BCUT2D eigenvalue weighted by Crippen LogP contribution is -2.28. The third-order valence-electron chi connectivity index (χ3n) is 2.46. The van der Waals surface area contributed by atoms with Crippen LogP contribution in [0.5, 0.6) is 0 Å². The molecule has 1 fully saturated rings. The molecule has 16 heavy (non-hydrogen) atoms. The molecule has 0 aromatic rings. The highest BCUT2D eigenvalue weighted by molar-refractivity contribution is 7.89. The van der Waals surface area contributed by atoms with Gasteiger partial charge in [-0.3, -0.25) is 0 Å². The minimum absolute atomic E-state index is 0.181. The normalized spacial score (nSPS) is 17.6. The predicted octanol–water partition coefficient (Wildman–Crippen LogP) is 0.233. The zero-order valence-corrected chi connectivity index (χ0v) is 10.0. The summed E-state index contributed by atoms with van der Waals surface area (Å²) in [6.45, 7) is 0.424. The molecule has 0 atom stereocenters. The summed E-state index contributed by atoms with van der Waals surface area (Å²) in [6.07, 6.45) is 3.96. The average molecular weight is 249 g/mol. The fourth-order valence-corrected chi connectivity index (χ4v) is 2.89. The first-order valence-corrected chi connectivity index (χ1v) is 7.12. The summed E-state index contributed by atoms with van der Waals surface area (Å²) < 4.78 is 25.4. The van der Waals surface area contributed by atoms with Gasteiger partial charge in [0.25, 0.3) is 0 Å². The fraction of sp³-hybridized carbons (Fsp3) is 0.889. The van der Waals surface area contributed by atoms with Crippen molar-refractivity contribution < 1.29 is 13.6 Å². The molecule has 0 spiro atoms. The minimum Gasteiger partial charge on any atom is -0.409 e. The molecule has 4 N–H and O–H groups in total. The number of nitrogens with one attached hydrogen (secondary N) is 1. The van der Waals surface area contributed by atoms with Crippen molar-refractivity contribution in [3.05, 3.63) is 0 Å². The number of oxime groups is 1. The van der Waals surface area contributed by atoms with Crippen LogP contribution in [0.4, 0.5) is 0 Å². The standard InChI is InChI=1S/C9H19N3O3S/c10-9(12-13)3-1-2-6-11-16(14,15)7-8-4-5-8/h8,11,13H,1-7H2,(H2,10,12). The summed E-state index contributed by atoms with van der Waals surface area (Å²) >= 11 is 0. The average Bonchev–Trinajstić information content (AvgIpc) is 2.99. The van der Waals surface area contributed by atoms with Crippen LogP contribution in [-0.2, 0) is 10.0 Å². The van der Waals surface area contributed by atoms with Gasteiger partial charge in [-0.15, -0.1) is 0 Å². The van der Waals surface area contributed by atoms with Crippen molar-refractivity contribution in [3.8, 4) is 0 Å². The molecule has 94 valence electrons. The summed E-state index contributed by atoms with van der Waals surface area (Å²) in [5.74, 6) is 0.809. The Morgan fingerprint density at radius 1 is 1.44 bits per heavy atom. The molecule has 1 rings (SSSR count). The van der Waals surface area contributed by atoms with E-state index in [9.17, 15) is 8.42 Å². The maximum atomic E-state index is 11.4. The number of hydrogen-bond acceptors (Lipinski definition) is 4. The topological polar surface area (TPSA) is 105 Å². The van der Waals surface area contributed by atoms with E-state index in [0.717, 1.165) is 12.8 Å². The molecular weight excluding hydrogens is 230 g/mol. The maximum Gasteiger partial charge on any atom is 0.211 e. The van der Waals surface area contributed by atoms with Crippen molar-refractivity contribution >= 4 is 15.9 Å². The Labute approximate surface area is 95.9 Å². The molecule has 1 aliphatic carbocycles. The SMILES string of the molecule is NC(CCCCNS(=O)(=O)CC1CC1)=NO. The Kier molecular flexibility index (Phi) is 5.01. The molecule has 0 saturated heterocycles. The fourth-order valence-electron chi connectivity index (χ4n) is 1.36. The van der Waals surface area contributed by atoms with Crippen LogP contribution in [0.15, 0.2) is 5.16 Å². The van der Waals surface area contributed by atoms with E-state index >= 15 is 0 Å². The second-order valence-corrected chi connectivity index (χ2v) is 6.02. The molecule has 7 heteroatoms. The first-order chi connectivity index (χ1) is 7.53. The minimum atomic E-state index is -3.09. The van der Waals surface area contributed by atoms with E-state index < -0.39 is 10.0 Å². The predicted molar refractivity (Wildman–Crippen MR) is 61.8 cm³/mol. The molecule has 0 aromatic heterocycles. The van der Waals surface area contributed by atoms with E-state index in [1.165, 1.54) is 0 Å². The maximum absolute atomic E-state index is 11.4. The molecule has 0 heterocycles. The van der Waals surface area contributed by atoms with Crippen LogP contribution in [-0.4, -0.2) is 31.8 Å². The number of unbranched alkanes of at least 4 members (excludes halogenated alkanes) is 1. The second-order valence-electron chi connectivity index (χ2n) is 4.17. The van der Waals surface area contributed by atoms with Crippen LogP contribution < -0.4 is 10.5 Å². The number of amidine groups is 1. The largest absolute Gasteiger partial charge is 0.409 e. The van der Waals surface area contributed by atoms with Gasteiger partial charge in [-0.2, -0.15) is 0 Å². The van der Waals surface area contributed by atoms with E-state index in [-0.39, 0.29) is 11.6 Å². The Morgan fingerprint density at radius 3 is 2.69 bits per heavy atom. The quantitative estimate of drug-likeness (QED) is 0.188. The van der Waals surface area contributed by atoms with Crippen LogP contribution in [0.3, 0.4) is 0 Å². The summed E-state index contributed by atoms with van der Waals surface area (Å²) in [5.41, 5.74) is 5.28. The number of sulfonamides is 1. The van der Waals surface area contributed by atoms with Gasteiger partial charge in [-0.1, -0.05) is 5.16 Å². The van der Waals surface area contributed by atoms with Crippen molar-refractivity contribution in [2.75, 3.05) is 12.3 Å². The van der Waals surface area contributed by atoms with Gasteiger partial charge >= 0.3 is 0 Å². The Balaban J connectivity index is 2.05. The zero-order valence-electron chi connectivity index (χ0n) is 9.22. The van der Waals surface area contributed by atoms with Crippen LogP contribution in [0.1, 0.15) is 32.1 Å². The number of nitrogens with zero attached hydrogens (tertiary/aromatic N) is 1. The van der Waals surface area contributed by atoms with Crippen molar-refractivity contribution in [2.45, 2.75) is 32.1 Å². The smallest absolute Gasteiger partial charge is 0.211 e. The van der Waals surface area contributed by atoms with E-state index in [1.807, 2.05) is 0 Å². The van der Waals surface area contributed by atoms with Gasteiger partial charge in [-0.05, 0) is 31.6 Å². The first-order valence-electron chi connectivity index (χ1n) is 5.47. The first kappa shape index (κ1) is 13.2. The van der Waals surface area contributed by atoms with E-state index in [2.05, 4.69) is 9.88 Å². The molecule has 1 aliphatic rings. The van der Waals surface area contributed by atoms with Crippen LogP contribution in [0.2, 0.25) is 0 Å². The van der Waals surface area contributed by atoms with E-state index in [1.54, 1.807) is 0 Å². The molecule has 0 aromatic carbocycles. The summed E-state index contributed by atoms with van der Waals surface area (Å²) in [6, 6.07) is 0. The Hall–Kier alpha value is -0.820. The van der Waals surface area contributed by atoms with Gasteiger partial charge in [0, 0.05) is 13.0 Å². The molecule has 0 aliphatic heterocycles. The third-order valence-corrected chi connectivity index (χ3v) is 4.02. The molecule has 0 amide bonds. The number of nitrogens with two attached hydrogens (primary N) is 1. The Morgan fingerprint density at radius 2 is 2.12 bits per heavy atom. The lowest BCUT2D eigenvalue weighted by Gasteiger charge is -2.05. The highest BCUT2D eigenvalue weighted by Gasteiger charge is 2.27. The van der Waals surface area contributed by atoms with Crippen LogP contribution in [0.25, 0.3) is 0 Å². The van der Waals surface area contributed by atoms with Crippen molar-refractivity contribution in [1.82, 2.24) is 4.72 Å². The summed E-state index contributed by atoms with van der Waals surface area (Å²) in [5, 5.41) is 11.1. The van der Waals surface area contributed by atoms with Gasteiger partial charge in [0.15, 0.2) is 0 Å². The van der Waals surface area contributed by atoms with E-state index in [0.29, 0.717) is 31.7 Å². The van der Waals surface area contributed by atoms with Gasteiger partial charge in [-0.25, -0.2) is 13.1 Å². The lowest BCUT2D eigenvalue weighted by molar-refractivity contribution is 0.316. The lowest BCUT2D eigenvalue weighted by atomic mass is 10.2. The van der Waals surface area contributed by atoms with Gasteiger partial charge in [0.05, 0.1) is 5.75 Å². The van der Waals surface area contributed by atoms with Gasteiger partial charge in [0.1, 0.15) is 5.84 Å². The second kappa shape index (κ2) is 6.05. The van der Waals surface area contributed by atoms with E-state index in [4.69, 9.17) is 10.9 Å². The van der Waals surface area contributed by atoms with Crippen LogP contribution in [0, 0.1) is 5.92 Å².